The number of fused-ring (bicyclic) bond motifs is 1. The van der Waals surface area contributed by atoms with Crippen LogP contribution in [-0.4, -0.2) is 28.9 Å². The van der Waals surface area contributed by atoms with Gasteiger partial charge in [-0.1, -0.05) is 6.92 Å². The fourth-order valence-corrected chi connectivity index (χ4v) is 4.50. The molecule has 17 heavy (non-hydrogen) atoms. The van der Waals surface area contributed by atoms with Crippen LogP contribution in [0.15, 0.2) is 0 Å². The van der Waals surface area contributed by atoms with Crippen molar-refractivity contribution in [1.82, 2.24) is 14.8 Å². The molecule has 0 spiro atoms. The van der Waals surface area contributed by atoms with E-state index in [-0.39, 0.29) is 5.75 Å². The minimum atomic E-state index is -2.99. The first kappa shape index (κ1) is 11.2. The van der Waals surface area contributed by atoms with Gasteiger partial charge < -0.3 is 0 Å². The van der Waals surface area contributed by atoms with E-state index in [4.69, 9.17) is 0 Å². The van der Waals surface area contributed by atoms with Crippen molar-refractivity contribution < 1.29 is 8.42 Å². The number of sulfone groups is 1. The summed E-state index contributed by atoms with van der Waals surface area (Å²) in [7, 11) is -2.99. The van der Waals surface area contributed by atoms with Crippen molar-refractivity contribution in [3.05, 3.63) is 11.6 Å². The molecule has 5 nitrogen and oxygen atoms in total. The second-order valence-electron chi connectivity index (χ2n) is 5.21. The van der Waals surface area contributed by atoms with Crippen molar-refractivity contribution in [2.24, 2.45) is 5.92 Å². The molecule has 1 aromatic rings. The molecule has 1 saturated heterocycles. The summed E-state index contributed by atoms with van der Waals surface area (Å²) in [6, 6.07) is 0. The summed E-state index contributed by atoms with van der Waals surface area (Å²) >= 11 is 0. The minimum Gasteiger partial charge on any atom is -0.250 e. The zero-order chi connectivity index (χ0) is 12.0. The number of aryl methyl sites for hydroxylation is 1. The van der Waals surface area contributed by atoms with Gasteiger partial charge in [-0.05, 0) is 25.2 Å². The molecule has 0 radical (unpaired) electrons. The van der Waals surface area contributed by atoms with Gasteiger partial charge in [-0.15, -0.1) is 0 Å². The molecule has 94 valence electrons. The first-order valence-corrected chi connectivity index (χ1v) is 7.93. The lowest BCUT2D eigenvalue weighted by molar-refractivity contribution is 0.385. The predicted octanol–water partition coefficient (Wildman–Crippen LogP) is 1.11. The smallest absolute Gasteiger partial charge is 0.169 e. The van der Waals surface area contributed by atoms with Crippen LogP contribution < -0.4 is 0 Å². The average Bonchev–Trinajstić information content (AvgIpc) is 2.79. The van der Waals surface area contributed by atoms with E-state index < -0.39 is 15.1 Å². The van der Waals surface area contributed by atoms with E-state index in [1.165, 1.54) is 0 Å². The third-order valence-corrected chi connectivity index (χ3v) is 5.92. The van der Waals surface area contributed by atoms with E-state index in [2.05, 4.69) is 17.0 Å². The van der Waals surface area contributed by atoms with Gasteiger partial charge in [-0.3, -0.25) is 0 Å². The Morgan fingerprint density at radius 3 is 2.88 bits per heavy atom. The van der Waals surface area contributed by atoms with Gasteiger partial charge in [-0.25, -0.2) is 18.1 Å². The highest BCUT2D eigenvalue weighted by Gasteiger charge is 2.36. The molecular formula is C11H17N3O2S. The summed E-state index contributed by atoms with van der Waals surface area (Å²) in [5.41, 5.74) is 0. The lowest BCUT2D eigenvalue weighted by atomic mass is 10.0. The summed E-state index contributed by atoms with van der Waals surface area (Å²) in [5, 5.41) is 3.94. The quantitative estimate of drug-likeness (QED) is 0.754. The van der Waals surface area contributed by atoms with Crippen LogP contribution >= 0.6 is 0 Å². The second kappa shape index (κ2) is 3.80. The van der Waals surface area contributed by atoms with Crippen LogP contribution in [0, 0.1) is 5.92 Å². The highest BCUT2D eigenvalue weighted by Crippen LogP contribution is 2.33. The van der Waals surface area contributed by atoms with Crippen molar-refractivity contribution in [3.8, 4) is 0 Å². The summed E-state index contributed by atoms with van der Waals surface area (Å²) < 4.78 is 25.6. The number of nitrogens with zero attached hydrogens (tertiary/aromatic N) is 3. The first-order valence-electron chi connectivity index (χ1n) is 6.21. The SMILES string of the molecule is CC1CCn2nc(C3CCCS3(=O)=O)nc2C1. The van der Waals surface area contributed by atoms with E-state index in [1.807, 2.05) is 4.68 Å². The molecule has 0 aliphatic carbocycles. The molecule has 3 rings (SSSR count). The van der Waals surface area contributed by atoms with Crippen molar-refractivity contribution in [1.29, 1.82) is 0 Å². The third kappa shape index (κ3) is 1.88. The van der Waals surface area contributed by atoms with Crippen LogP contribution in [0.4, 0.5) is 0 Å². The summed E-state index contributed by atoms with van der Waals surface area (Å²) in [6.45, 7) is 3.07. The van der Waals surface area contributed by atoms with Crippen LogP contribution in [0.5, 0.6) is 0 Å². The van der Waals surface area contributed by atoms with Crippen LogP contribution in [0.3, 0.4) is 0 Å². The molecule has 0 saturated carbocycles. The Morgan fingerprint density at radius 1 is 1.35 bits per heavy atom. The van der Waals surface area contributed by atoms with E-state index in [0.29, 0.717) is 18.2 Å². The summed E-state index contributed by atoms with van der Waals surface area (Å²) in [6.07, 6.45) is 3.45. The fraction of sp³-hybridized carbons (Fsp3) is 0.818. The van der Waals surface area contributed by atoms with Gasteiger partial charge in [0, 0.05) is 13.0 Å². The van der Waals surface area contributed by atoms with Gasteiger partial charge in [0.1, 0.15) is 11.1 Å². The summed E-state index contributed by atoms with van der Waals surface area (Å²) in [4.78, 5) is 4.45. The predicted molar refractivity (Wildman–Crippen MR) is 63.3 cm³/mol. The van der Waals surface area contributed by atoms with Crippen molar-refractivity contribution >= 4 is 9.84 Å². The van der Waals surface area contributed by atoms with Crippen LogP contribution in [0.25, 0.3) is 0 Å². The van der Waals surface area contributed by atoms with Crippen molar-refractivity contribution in [2.45, 2.75) is 44.4 Å². The van der Waals surface area contributed by atoms with E-state index >= 15 is 0 Å². The van der Waals surface area contributed by atoms with Crippen LogP contribution in [-0.2, 0) is 22.8 Å². The van der Waals surface area contributed by atoms with E-state index in [9.17, 15) is 8.42 Å². The van der Waals surface area contributed by atoms with E-state index in [1.54, 1.807) is 0 Å². The molecule has 0 bridgehead atoms. The largest absolute Gasteiger partial charge is 0.250 e. The van der Waals surface area contributed by atoms with Gasteiger partial charge in [0.05, 0.1) is 5.75 Å². The molecule has 0 aromatic carbocycles. The molecule has 2 atom stereocenters. The Kier molecular flexibility index (Phi) is 2.50. The molecule has 2 unspecified atom stereocenters. The minimum absolute atomic E-state index is 0.290. The zero-order valence-corrected chi connectivity index (χ0v) is 10.8. The number of rotatable bonds is 1. The van der Waals surface area contributed by atoms with Gasteiger partial charge >= 0.3 is 0 Å². The molecule has 0 N–H and O–H groups in total. The molecule has 2 aliphatic rings. The normalized spacial score (nSPS) is 31.4. The standard InChI is InChI=1S/C11H17N3O2S/c1-8-4-5-14-10(7-8)12-11(13-14)9-3-2-6-17(9,15)16/h8-9H,2-7H2,1H3. The molecule has 0 amide bonds. The monoisotopic (exact) mass is 255 g/mol. The lowest BCUT2D eigenvalue weighted by Crippen LogP contribution is -2.18. The second-order valence-corrected chi connectivity index (χ2v) is 7.51. The van der Waals surface area contributed by atoms with Gasteiger partial charge in [-0.2, -0.15) is 5.10 Å². The van der Waals surface area contributed by atoms with Crippen molar-refractivity contribution in [3.63, 3.8) is 0 Å². The molecule has 3 heterocycles. The Bertz CT molecular complexity index is 535. The average molecular weight is 255 g/mol. The van der Waals surface area contributed by atoms with Crippen LogP contribution in [0.2, 0.25) is 0 Å². The zero-order valence-electron chi connectivity index (χ0n) is 9.96. The number of hydrogen-bond donors (Lipinski definition) is 0. The highest BCUT2D eigenvalue weighted by molar-refractivity contribution is 7.91. The maximum atomic E-state index is 11.9. The maximum absolute atomic E-state index is 11.9. The number of hydrogen-bond acceptors (Lipinski definition) is 4. The Hall–Kier alpha value is -0.910. The Labute approximate surface area is 101 Å². The van der Waals surface area contributed by atoms with Gasteiger partial charge in [0.2, 0.25) is 0 Å². The van der Waals surface area contributed by atoms with Gasteiger partial charge in [0.25, 0.3) is 0 Å². The molecule has 6 heteroatoms. The number of aromatic nitrogens is 3. The molecule has 2 aliphatic heterocycles. The van der Waals surface area contributed by atoms with Crippen molar-refractivity contribution in [2.75, 3.05) is 5.75 Å². The first-order chi connectivity index (χ1) is 8.06. The fourth-order valence-electron chi connectivity index (χ4n) is 2.70. The van der Waals surface area contributed by atoms with E-state index in [0.717, 1.165) is 31.6 Å². The Morgan fingerprint density at radius 2 is 2.18 bits per heavy atom. The Balaban J connectivity index is 1.95. The third-order valence-electron chi connectivity index (χ3n) is 3.75. The lowest BCUT2D eigenvalue weighted by Gasteiger charge is -2.17. The maximum Gasteiger partial charge on any atom is 0.169 e. The molecule has 1 fully saturated rings. The summed E-state index contributed by atoms with van der Waals surface area (Å²) in [5.74, 6) is 2.41. The molecular weight excluding hydrogens is 238 g/mol. The molecule has 1 aromatic heterocycles. The van der Waals surface area contributed by atoms with Gasteiger partial charge in [0.15, 0.2) is 15.7 Å². The van der Waals surface area contributed by atoms with Crippen LogP contribution in [0.1, 0.15) is 43.1 Å². The highest BCUT2D eigenvalue weighted by atomic mass is 32.2. The topological polar surface area (TPSA) is 64.8 Å².